The monoisotopic (exact) mass is 699 g/mol. The quantitative estimate of drug-likeness (QED) is 0.133. The highest BCUT2D eigenvalue weighted by atomic mass is 32.1. The number of rotatable bonds is 5. The number of thiophene rings is 1. The minimum Gasteiger partial charge on any atom is -0.456 e. The molecule has 4 heterocycles. The minimum atomic E-state index is -3.04. The van der Waals surface area contributed by atoms with E-state index in [1.807, 2.05) is 29.7 Å². The number of fused-ring (bicyclic) bond motifs is 10. The highest BCUT2D eigenvalue weighted by Gasteiger charge is 2.45. The number of para-hydroxylation sites is 2. The number of furan rings is 1. The predicted octanol–water partition coefficient (Wildman–Crippen LogP) is 9.22. The van der Waals surface area contributed by atoms with Crippen molar-refractivity contribution in [3.05, 3.63) is 176 Å². The van der Waals surface area contributed by atoms with Gasteiger partial charge in [-0.05, 0) is 52.0 Å². The molecule has 4 nitrogen and oxygen atoms in total. The van der Waals surface area contributed by atoms with Crippen LogP contribution in [0.15, 0.2) is 180 Å². The molecule has 11 aromatic rings. The van der Waals surface area contributed by atoms with Crippen LogP contribution in [0.4, 0.5) is 0 Å². The van der Waals surface area contributed by atoms with Crippen molar-refractivity contribution in [2.45, 2.75) is 0 Å². The maximum atomic E-state index is 6.36. The molecule has 0 fully saturated rings. The summed E-state index contributed by atoms with van der Waals surface area (Å²) in [6.07, 6.45) is 1.96. The maximum Gasteiger partial charge on any atom is 0.234 e. The van der Waals surface area contributed by atoms with Gasteiger partial charge in [0.15, 0.2) is 0 Å². The van der Waals surface area contributed by atoms with Gasteiger partial charge in [0, 0.05) is 53.2 Å². The molecule has 0 aliphatic carbocycles. The molecule has 0 saturated carbocycles. The molecule has 244 valence electrons. The Kier molecular flexibility index (Phi) is 6.41. The van der Waals surface area contributed by atoms with Gasteiger partial charge in [0.05, 0.1) is 11.0 Å². The van der Waals surface area contributed by atoms with Crippen LogP contribution in [0.2, 0.25) is 0 Å². The zero-order valence-corrected chi connectivity index (χ0v) is 29.7. The first-order valence-electron chi connectivity index (χ1n) is 17.5. The van der Waals surface area contributed by atoms with Crippen molar-refractivity contribution in [2.24, 2.45) is 0 Å². The Morgan fingerprint density at radius 2 is 1.17 bits per heavy atom. The molecule has 0 unspecified atom stereocenters. The van der Waals surface area contributed by atoms with Crippen molar-refractivity contribution in [3.8, 4) is 5.95 Å². The SMILES string of the molecule is c1ccc([Si](c2ccccc2)(c2ccnc(-n3c4ccccc4c4c5c(ccc43)oc3ccccc35)n2)c2cccc3c2sc2ccccc23)cc1. The lowest BCUT2D eigenvalue weighted by Gasteiger charge is -2.33. The van der Waals surface area contributed by atoms with Gasteiger partial charge in [-0.25, -0.2) is 9.97 Å². The molecule has 0 aliphatic rings. The number of hydrogen-bond acceptors (Lipinski definition) is 4. The average Bonchev–Trinajstić information content (AvgIpc) is 3.89. The van der Waals surface area contributed by atoms with E-state index in [4.69, 9.17) is 14.4 Å². The van der Waals surface area contributed by atoms with E-state index in [1.54, 1.807) is 0 Å². The van der Waals surface area contributed by atoms with E-state index in [0.717, 1.165) is 49.1 Å². The third-order valence-corrected chi connectivity index (χ3v) is 16.7. The molecule has 7 aromatic carbocycles. The summed E-state index contributed by atoms with van der Waals surface area (Å²) in [5, 5.41) is 12.0. The van der Waals surface area contributed by atoms with Crippen molar-refractivity contribution in [1.29, 1.82) is 0 Å². The highest BCUT2D eigenvalue weighted by molar-refractivity contribution is 7.30. The Balaban J connectivity index is 1.26. The Bertz CT molecular complexity index is 3110. The van der Waals surface area contributed by atoms with E-state index in [-0.39, 0.29) is 0 Å². The van der Waals surface area contributed by atoms with E-state index in [1.165, 1.54) is 35.7 Å². The summed E-state index contributed by atoms with van der Waals surface area (Å²) in [5.74, 6) is 0.656. The van der Waals surface area contributed by atoms with Crippen molar-refractivity contribution < 1.29 is 4.42 Å². The van der Waals surface area contributed by atoms with Crippen LogP contribution in [0.3, 0.4) is 0 Å². The Morgan fingerprint density at radius 3 is 1.98 bits per heavy atom. The molecule has 52 heavy (non-hydrogen) atoms. The third kappa shape index (κ3) is 4.07. The van der Waals surface area contributed by atoms with Gasteiger partial charge >= 0.3 is 0 Å². The fourth-order valence-corrected chi connectivity index (χ4v) is 14.8. The molecule has 0 spiro atoms. The summed E-state index contributed by atoms with van der Waals surface area (Å²) < 4.78 is 11.2. The first kappa shape index (κ1) is 29.4. The molecule has 6 heteroatoms. The van der Waals surface area contributed by atoms with Crippen molar-refractivity contribution in [2.75, 3.05) is 0 Å². The van der Waals surface area contributed by atoms with Crippen molar-refractivity contribution in [3.63, 3.8) is 0 Å². The van der Waals surface area contributed by atoms with Gasteiger partial charge in [-0.3, -0.25) is 4.57 Å². The number of nitrogens with zero attached hydrogens (tertiary/aromatic N) is 3. The summed E-state index contributed by atoms with van der Waals surface area (Å²) in [6, 6.07) is 61.0. The van der Waals surface area contributed by atoms with Gasteiger partial charge in [-0.15, -0.1) is 11.3 Å². The van der Waals surface area contributed by atoms with Crippen LogP contribution in [0.5, 0.6) is 0 Å². The van der Waals surface area contributed by atoms with Gasteiger partial charge in [0.1, 0.15) is 11.2 Å². The summed E-state index contributed by atoms with van der Waals surface area (Å²) in [4.78, 5) is 10.8. The second-order valence-electron chi connectivity index (χ2n) is 13.3. The first-order chi connectivity index (χ1) is 25.8. The lowest BCUT2D eigenvalue weighted by molar-refractivity contribution is 0.669. The number of aromatic nitrogens is 3. The van der Waals surface area contributed by atoms with Crippen LogP contribution in [-0.4, -0.2) is 22.6 Å². The van der Waals surface area contributed by atoms with E-state index in [2.05, 4.69) is 162 Å². The van der Waals surface area contributed by atoms with E-state index in [0.29, 0.717) is 5.95 Å². The summed E-state index contributed by atoms with van der Waals surface area (Å²) in [5.41, 5.74) is 3.88. The van der Waals surface area contributed by atoms with Gasteiger partial charge in [0.2, 0.25) is 14.0 Å². The number of benzene rings is 7. The molecular formula is C46H29N3OSSi. The van der Waals surface area contributed by atoms with Crippen LogP contribution in [0, 0.1) is 0 Å². The molecule has 0 bridgehead atoms. The van der Waals surface area contributed by atoms with Gasteiger partial charge in [-0.2, -0.15) is 0 Å². The maximum absolute atomic E-state index is 6.36. The second kappa shape index (κ2) is 11.3. The van der Waals surface area contributed by atoms with Gasteiger partial charge < -0.3 is 4.42 Å². The third-order valence-electron chi connectivity index (χ3n) is 10.6. The average molecular weight is 700 g/mol. The lowest BCUT2D eigenvalue weighted by atomic mass is 10.1. The predicted molar refractivity (Wildman–Crippen MR) is 220 cm³/mol. The Hall–Kier alpha value is -6.34. The molecule has 0 amide bonds. The van der Waals surface area contributed by atoms with Crippen molar-refractivity contribution in [1.82, 2.24) is 14.5 Å². The largest absolute Gasteiger partial charge is 0.456 e. The first-order valence-corrected chi connectivity index (χ1v) is 20.3. The van der Waals surface area contributed by atoms with Gasteiger partial charge in [0.25, 0.3) is 0 Å². The Morgan fingerprint density at radius 1 is 0.500 bits per heavy atom. The standard InChI is InChI=1S/C46H29N3OSSi/c1-3-14-30(15-4-1)52(31-16-5-2-6-17-31,41-25-13-21-33-32-18-9-12-24-40(32)51-45(33)41)42-28-29-47-46(48-42)49-36-22-10-7-19-34(36)43-37(49)26-27-39-44(43)35-20-8-11-23-38(35)50-39/h1-29H. The highest BCUT2D eigenvalue weighted by Crippen LogP contribution is 2.40. The number of hydrogen-bond donors (Lipinski definition) is 0. The molecule has 0 atom stereocenters. The summed E-state index contributed by atoms with van der Waals surface area (Å²) in [7, 11) is -3.04. The van der Waals surface area contributed by atoms with Crippen LogP contribution in [0.1, 0.15) is 0 Å². The second-order valence-corrected chi connectivity index (χ2v) is 18.0. The van der Waals surface area contributed by atoms with E-state index >= 15 is 0 Å². The molecule has 4 aromatic heterocycles. The van der Waals surface area contributed by atoms with Crippen molar-refractivity contribution >= 4 is 104 Å². The zero-order valence-electron chi connectivity index (χ0n) is 27.9. The van der Waals surface area contributed by atoms with Gasteiger partial charge in [-0.1, -0.05) is 133 Å². The molecule has 0 saturated heterocycles. The fourth-order valence-electron chi connectivity index (χ4n) is 8.49. The normalized spacial score (nSPS) is 12.2. The fraction of sp³-hybridized carbons (Fsp3) is 0. The van der Waals surface area contributed by atoms with Crippen LogP contribution in [0.25, 0.3) is 69.9 Å². The zero-order chi connectivity index (χ0) is 34.2. The van der Waals surface area contributed by atoms with E-state index in [9.17, 15) is 0 Å². The molecule has 0 aliphatic heterocycles. The van der Waals surface area contributed by atoms with Crippen LogP contribution in [-0.2, 0) is 0 Å². The lowest BCUT2D eigenvalue weighted by Crippen LogP contribution is -2.75. The molecule has 0 N–H and O–H groups in total. The molecule has 0 radical (unpaired) electrons. The van der Waals surface area contributed by atoms with E-state index < -0.39 is 8.07 Å². The topological polar surface area (TPSA) is 43.9 Å². The molecule has 11 rings (SSSR count). The summed E-state index contributed by atoms with van der Waals surface area (Å²) >= 11 is 1.88. The van der Waals surface area contributed by atoms with Crippen LogP contribution >= 0.6 is 11.3 Å². The van der Waals surface area contributed by atoms with Crippen LogP contribution < -0.4 is 20.9 Å². The summed E-state index contributed by atoms with van der Waals surface area (Å²) in [6.45, 7) is 0. The smallest absolute Gasteiger partial charge is 0.234 e. The Labute approximate surface area is 303 Å². The molecular weight excluding hydrogens is 671 g/mol. The minimum absolute atomic E-state index is 0.656.